The highest BCUT2D eigenvalue weighted by atomic mass is 32.2. The number of hydrogen-bond acceptors (Lipinski definition) is 5. The standard InChI is InChI=1S/C7H9N3O2S2/c1-14(12)7-9-8-5(13-7)6(11)10-3-2-4-10/h2-4H2,1H3. The number of amides is 1. The average Bonchev–Trinajstić information content (AvgIpc) is 2.48. The maximum Gasteiger partial charge on any atom is 0.322 e. The second kappa shape index (κ2) is 3.84. The Hall–Kier alpha value is -0.660. The fourth-order valence-electron chi connectivity index (χ4n) is 1.07. The molecule has 5 nitrogen and oxygen atoms in total. The Kier molecular flexibility index (Phi) is 2.71. The summed E-state index contributed by atoms with van der Waals surface area (Å²) >= 11 is -0.0346. The second-order valence-corrected chi connectivity index (χ2v) is 5.50. The van der Waals surface area contributed by atoms with E-state index in [2.05, 4.69) is 10.2 Å². The van der Waals surface area contributed by atoms with Crippen molar-refractivity contribution < 1.29 is 9.35 Å². The minimum Gasteiger partial charge on any atom is -0.610 e. The molecule has 1 aromatic rings. The van der Waals surface area contributed by atoms with E-state index in [1.807, 2.05) is 0 Å². The maximum atomic E-state index is 11.6. The Morgan fingerprint density at radius 1 is 1.57 bits per heavy atom. The molecule has 2 rings (SSSR count). The third-order valence-electron chi connectivity index (χ3n) is 1.98. The highest BCUT2D eigenvalue weighted by Crippen LogP contribution is 2.19. The van der Waals surface area contributed by atoms with Gasteiger partial charge in [-0.2, -0.15) is 0 Å². The van der Waals surface area contributed by atoms with Gasteiger partial charge in [0.05, 0.1) is 0 Å². The van der Waals surface area contributed by atoms with E-state index in [-0.39, 0.29) is 5.91 Å². The first-order chi connectivity index (χ1) is 6.68. The smallest absolute Gasteiger partial charge is 0.322 e. The minimum atomic E-state index is -1.15. The highest BCUT2D eigenvalue weighted by molar-refractivity contribution is 7.92. The third-order valence-corrected chi connectivity index (χ3v) is 4.21. The summed E-state index contributed by atoms with van der Waals surface area (Å²) in [5.74, 6) is -0.0922. The Morgan fingerprint density at radius 2 is 2.29 bits per heavy atom. The predicted molar refractivity (Wildman–Crippen MR) is 52.8 cm³/mol. The molecular weight excluding hydrogens is 222 g/mol. The van der Waals surface area contributed by atoms with Crippen LogP contribution in [0.15, 0.2) is 4.34 Å². The molecule has 1 aliphatic heterocycles. The summed E-state index contributed by atoms with van der Waals surface area (Å²) in [5.41, 5.74) is 0. The van der Waals surface area contributed by atoms with E-state index in [0.29, 0.717) is 9.35 Å². The molecule has 1 amide bonds. The zero-order valence-electron chi connectivity index (χ0n) is 7.60. The van der Waals surface area contributed by atoms with Crippen molar-refractivity contribution in [2.24, 2.45) is 0 Å². The first-order valence-electron chi connectivity index (χ1n) is 4.14. The quantitative estimate of drug-likeness (QED) is 0.678. The molecule has 0 aromatic carbocycles. The Balaban J connectivity index is 2.11. The van der Waals surface area contributed by atoms with E-state index in [1.54, 1.807) is 4.90 Å². The van der Waals surface area contributed by atoms with Gasteiger partial charge in [0, 0.05) is 24.3 Å². The minimum absolute atomic E-state index is 0.0922. The first-order valence-corrected chi connectivity index (χ1v) is 6.52. The largest absolute Gasteiger partial charge is 0.610 e. The van der Waals surface area contributed by atoms with Crippen LogP contribution in [0.4, 0.5) is 0 Å². The van der Waals surface area contributed by atoms with Crippen molar-refractivity contribution >= 4 is 28.4 Å². The highest BCUT2D eigenvalue weighted by Gasteiger charge is 2.26. The van der Waals surface area contributed by atoms with Gasteiger partial charge >= 0.3 is 4.34 Å². The van der Waals surface area contributed by atoms with Gasteiger partial charge in [0.15, 0.2) is 0 Å². The molecule has 1 saturated heterocycles. The number of carbonyl (C=O) groups excluding carboxylic acids is 1. The average molecular weight is 231 g/mol. The van der Waals surface area contributed by atoms with Crippen molar-refractivity contribution in [2.45, 2.75) is 10.8 Å². The molecule has 7 heteroatoms. The number of rotatable bonds is 2. The number of carbonyl (C=O) groups is 1. The Bertz CT molecular complexity index is 348. The van der Waals surface area contributed by atoms with E-state index >= 15 is 0 Å². The number of aromatic nitrogens is 2. The zero-order valence-corrected chi connectivity index (χ0v) is 9.23. The Morgan fingerprint density at radius 3 is 2.71 bits per heavy atom. The molecule has 14 heavy (non-hydrogen) atoms. The van der Waals surface area contributed by atoms with Crippen molar-refractivity contribution in [2.75, 3.05) is 19.3 Å². The van der Waals surface area contributed by atoms with Crippen LogP contribution in [0.5, 0.6) is 0 Å². The Labute approximate surface area is 88.3 Å². The summed E-state index contributed by atoms with van der Waals surface area (Å²) in [6, 6.07) is 0. The van der Waals surface area contributed by atoms with E-state index in [0.717, 1.165) is 30.8 Å². The van der Waals surface area contributed by atoms with Crippen LogP contribution in [-0.2, 0) is 11.2 Å². The van der Waals surface area contributed by atoms with Gasteiger partial charge in [-0.1, -0.05) is 5.10 Å². The van der Waals surface area contributed by atoms with Gasteiger partial charge in [-0.05, 0) is 17.8 Å². The van der Waals surface area contributed by atoms with Gasteiger partial charge in [0.2, 0.25) is 5.01 Å². The SMILES string of the molecule is C[S+]([O-])c1nnc(C(=O)N2CCC2)s1. The number of likely N-dealkylation sites (tertiary alicyclic amines) is 1. The molecule has 0 saturated carbocycles. The molecule has 1 aliphatic rings. The fourth-order valence-corrected chi connectivity index (χ4v) is 2.47. The van der Waals surface area contributed by atoms with Gasteiger partial charge in [0.25, 0.3) is 5.91 Å². The van der Waals surface area contributed by atoms with Crippen LogP contribution in [0.3, 0.4) is 0 Å². The molecule has 2 heterocycles. The maximum absolute atomic E-state index is 11.6. The van der Waals surface area contributed by atoms with Crippen LogP contribution in [0.2, 0.25) is 0 Å². The zero-order chi connectivity index (χ0) is 10.1. The molecule has 0 radical (unpaired) electrons. The van der Waals surface area contributed by atoms with E-state index in [4.69, 9.17) is 0 Å². The normalized spacial score (nSPS) is 17.7. The van der Waals surface area contributed by atoms with Crippen LogP contribution >= 0.6 is 11.3 Å². The van der Waals surface area contributed by atoms with Crippen LogP contribution in [0.1, 0.15) is 16.2 Å². The molecule has 0 N–H and O–H groups in total. The van der Waals surface area contributed by atoms with E-state index in [1.165, 1.54) is 6.26 Å². The van der Waals surface area contributed by atoms with Crippen molar-refractivity contribution in [3.8, 4) is 0 Å². The molecule has 0 bridgehead atoms. The second-order valence-electron chi connectivity index (χ2n) is 2.97. The molecule has 76 valence electrons. The first kappa shape index (κ1) is 9.88. The molecule has 1 aromatic heterocycles. The molecule has 0 spiro atoms. The monoisotopic (exact) mass is 231 g/mol. The van der Waals surface area contributed by atoms with Gasteiger partial charge in [0.1, 0.15) is 6.26 Å². The number of nitrogens with zero attached hydrogens (tertiary/aromatic N) is 3. The summed E-state index contributed by atoms with van der Waals surface area (Å²) in [4.78, 5) is 13.3. The lowest BCUT2D eigenvalue weighted by Gasteiger charge is -2.29. The van der Waals surface area contributed by atoms with E-state index < -0.39 is 11.2 Å². The van der Waals surface area contributed by atoms with Crippen molar-refractivity contribution in [1.29, 1.82) is 0 Å². The summed E-state index contributed by atoms with van der Waals surface area (Å²) < 4.78 is 11.4. The summed E-state index contributed by atoms with van der Waals surface area (Å²) in [5, 5.41) is 7.77. The van der Waals surface area contributed by atoms with Crippen LogP contribution in [0, 0.1) is 0 Å². The summed E-state index contributed by atoms with van der Waals surface area (Å²) in [6.45, 7) is 1.59. The molecule has 1 unspecified atom stereocenters. The fraction of sp³-hybridized carbons (Fsp3) is 0.571. The van der Waals surface area contributed by atoms with Crippen LogP contribution in [0.25, 0.3) is 0 Å². The third kappa shape index (κ3) is 1.75. The van der Waals surface area contributed by atoms with Gasteiger partial charge < -0.3 is 9.45 Å². The molecule has 0 aliphatic carbocycles. The van der Waals surface area contributed by atoms with Crippen molar-refractivity contribution in [3.63, 3.8) is 0 Å². The van der Waals surface area contributed by atoms with E-state index in [9.17, 15) is 9.35 Å². The van der Waals surface area contributed by atoms with Gasteiger partial charge in [-0.15, -0.1) is 5.10 Å². The van der Waals surface area contributed by atoms with Crippen molar-refractivity contribution in [3.05, 3.63) is 5.01 Å². The summed E-state index contributed by atoms with van der Waals surface area (Å²) in [6.07, 6.45) is 2.58. The van der Waals surface area contributed by atoms with Gasteiger partial charge in [-0.3, -0.25) is 4.79 Å². The number of hydrogen-bond donors (Lipinski definition) is 0. The molecule has 1 atom stereocenters. The lowest BCUT2D eigenvalue weighted by molar-refractivity contribution is 0.0650. The molecule has 1 fully saturated rings. The van der Waals surface area contributed by atoms with Crippen molar-refractivity contribution in [1.82, 2.24) is 15.1 Å². The van der Waals surface area contributed by atoms with Gasteiger partial charge in [-0.25, -0.2) is 0 Å². The van der Waals surface area contributed by atoms with Crippen LogP contribution in [-0.4, -0.2) is 44.9 Å². The molecular formula is C7H9N3O2S2. The predicted octanol–water partition coefficient (Wildman–Crippen LogP) is 0.121. The lowest BCUT2D eigenvalue weighted by Crippen LogP contribution is -2.41. The lowest BCUT2D eigenvalue weighted by atomic mass is 10.2. The summed E-state index contributed by atoms with van der Waals surface area (Å²) in [7, 11) is 0. The van der Waals surface area contributed by atoms with Crippen LogP contribution < -0.4 is 0 Å². The topological polar surface area (TPSA) is 69.1 Å².